The van der Waals surface area contributed by atoms with Crippen molar-refractivity contribution in [3.63, 3.8) is 0 Å². The molecule has 4 heteroatoms. The van der Waals surface area contributed by atoms with E-state index in [9.17, 15) is 0 Å². The van der Waals surface area contributed by atoms with E-state index in [-0.39, 0.29) is 5.54 Å². The Hall–Kier alpha value is -0.900. The summed E-state index contributed by atoms with van der Waals surface area (Å²) in [6.07, 6.45) is 2.96. The zero-order valence-corrected chi connectivity index (χ0v) is 10.2. The van der Waals surface area contributed by atoms with Crippen LogP contribution in [0.15, 0.2) is 0 Å². The lowest BCUT2D eigenvalue weighted by molar-refractivity contribution is 0.462. The molecule has 0 aliphatic rings. The number of hydrogen-bond donors (Lipinski definition) is 1. The van der Waals surface area contributed by atoms with Gasteiger partial charge >= 0.3 is 0 Å². The second-order valence-electron chi connectivity index (χ2n) is 4.80. The zero-order chi connectivity index (χ0) is 11.5. The van der Waals surface area contributed by atoms with E-state index >= 15 is 0 Å². The second-order valence-corrected chi connectivity index (χ2v) is 4.80. The summed E-state index contributed by atoms with van der Waals surface area (Å²) in [7, 11) is 0. The smallest absolute Gasteiger partial charge is 0.133 e. The molecule has 1 aromatic rings. The molecule has 0 saturated heterocycles. The molecule has 0 spiro atoms. The minimum absolute atomic E-state index is 0.128. The Morgan fingerprint density at radius 1 is 1.33 bits per heavy atom. The van der Waals surface area contributed by atoms with Crippen LogP contribution in [0, 0.1) is 6.92 Å². The van der Waals surface area contributed by atoms with Gasteiger partial charge in [-0.25, -0.2) is 0 Å². The molecular formula is C11H22N4. The molecule has 0 saturated carbocycles. The van der Waals surface area contributed by atoms with E-state index in [0.29, 0.717) is 0 Å². The molecule has 86 valence electrons. The molecular weight excluding hydrogens is 188 g/mol. The molecule has 0 bridgehead atoms. The van der Waals surface area contributed by atoms with Crippen LogP contribution < -0.4 is 5.73 Å². The molecule has 2 N–H and O–H groups in total. The molecule has 1 heterocycles. The maximum atomic E-state index is 5.96. The summed E-state index contributed by atoms with van der Waals surface area (Å²) in [6.45, 7) is 9.25. The van der Waals surface area contributed by atoms with E-state index in [1.165, 1.54) is 0 Å². The van der Waals surface area contributed by atoms with Crippen LogP contribution in [0.25, 0.3) is 0 Å². The topological polar surface area (TPSA) is 56.7 Å². The van der Waals surface area contributed by atoms with Gasteiger partial charge in [0, 0.05) is 18.5 Å². The molecule has 0 amide bonds. The van der Waals surface area contributed by atoms with Gasteiger partial charge in [-0.1, -0.05) is 6.92 Å². The molecule has 1 aromatic heterocycles. The van der Waals surface area contributed by atoms with Crippen molar-refractivity contribution in [2.45, 2.75) is 59.0 Å². The van der Waals surface area contributed by atoms with Gasteiger partial charge in [-0.15, -0.1) is 10.2 Å². The molecule has 0 atom stereocenters. The van der Waals surface area contributed by atoms with Crippen molar-refractivity contribution in [2.75, 3.05) is 0 Å². The quantitative estimate of drug-likeness (QED) is 0.804. The van der Waals surface area contributed by atoms with Gasteiger partial charge in [0.1, 0.15) is 11.6 Å². The van der Waals surface area contributed by atoms with Gasteiger partial charge in [0.2, 0.25) is 0 Å². The van der Waals surface area contributed by atoms with Crippen LogP contribution in [-0.2, 0) is 13.0 Å². The maximum absolute atomic E-state index is 5.96. The van der Waals surface area contributed by atoms with Gasteiger partial charge in [-0.2, -0.15) is 0 Å². The normalized spacial score (nSPS) is 12.1. The highest BCUT2D eigenvalue weighted by Gasteiger charge is 2.14. The molecule has 0 aliphatic carbocycles. The van der Waals surface area contributed by atoms with Crippen LogP contribution in [0.1, 0.15) is 45.3 Å². The number of aromatic nitrogens is 3. The Kier molecular flexibility index (Phi) is 3.85. The van der Waals surface area contributed by atoms with E-state index in [1.54, 1.807) is 0 Å². The van der Waals surface area contributed by atoms with E-state index < -0.39 is 0 Å². The van der Waals surface area contributed by atoms with E-state index in [1.807, 2.05) is 20.8 Å². The van der Waals surface area contributed by atoms with Crippen molar-refractivity contribution in [3.8, 4) is 0 Å². The fraction of sp³-hybridized carbons (Fsp3) is 0.818. The SMILES string of the molecule is CCCn1c(C)nnc1CCC(C)(C)N. The highest BCUT2D eigenvalue weighted by atomic mass is 15.3. The second kappa shape index (κ2) is 4.75. The predicted octanol–water partition coefficient (Wildman–Crippen LogP) is 1.67. The number of nitrogens with two attached hydrogens (primary N) is 1. The third-order valence-corrected chi connectivity index (χ3v) is 2.45. The number of rotatable bonds is 5. The first-order valence-electron chi connectivity index (χ1n) is 5.61. The van der Waals surface area contributed by atoms with E-state index in [4.69, 9.17) is 5.73 Å². The van der Waals surface area contributed by atoms with Crippen LogP contribution in [-0.4, -0.2) is 20.3 Å². The van der Waals surface area contributed by atoms with Crippen molar-refractivity contribution < 1.29 is 0 Å². The highest BCUT2D eigenvalue weighted by Crippen LogP contribution is 2.11. The number of hydrogen-bond acceptors (Lipinski definition) is 3. The third-order valence-electron chi connectivity index (χ3n) is 2.45. The maximum Gasteiger partial charge on any atom is 0.133 e. The van der Waals surface area contributed by atoms with Gasteiger partial charge in [-0.05, 0) is 33.6 Å². The van der Waals surface area contributed by atoms with Crippen molar-refractivity contribution in [1.82, 2.24) is 14.8 Å². The van der Waals surface area contributed by atoms with E-state index in [2.05, 4.69) is 21.7 Å². The standard InChI is InChI=1S/C11H22N4/c1-5-8-15-9(2)13-14-10(15)6-7-11(3,4)12/h5-8,12H2,1-4H3. The van der Waals surface area contributed by atoms with Crippen molar-refractivity contribution in [1.29, 1.82) is 0 Å². The Morgan fingerprint density at radius 2 is 2.00 bits per heavy atom. The minimum Gasteiger partial charge on any atom is -0.326 e. The summed E-state index contributed by atoms with van der Waals surface area (Å²) in [6, 6.07) is 0. The molecule has 0 radical (unpaired) electrons. The first-order chi connectivity index (χ1) is 6.94. The average molecular weight is 210 g/mol. The average Bonchev–Trinajstić information content (AvgIpc) is 2.45. The zero-order valence-electron chi connectivity index (χ0n) is 10.2. The van der Waals surface area contributed by atoms with Gasteiger partial charge in [0.15, 0.2) is 0 Å². The van der Waals surface area contributed by atoms with Crippen molar-refractivity contribution in [3.05, 3.63) is 11.6 Å². The fourth-order valence-corrected chi connectivity index (χ4v) is 1.56. The predicted molar refractivity (Wildman–Crippen MR) is 61.6 cm³/mol. The summed E-state index contributed by atoms with van der Waals surface area (Å²) < 4.78 is 2.19. The lowest BCUT2D eigenvalue weighted by Gasteiger charge is -2.17. The summed E-state index contributed by atoms with van der Waals surface area (Å²) in [4.78, 5) is 0. The Bertz CT molecular complexity index is 309. The van der Waals surface area contributed by atoms with Gasteiger partial charge in [0.25, 0.3) is 0 Å². The molecule has 0 aromatic carbocycles. The Balaban J connectivity index is 2.68. The van der Waals surface area contributed by atoms with Gasteiger partial charge in [0.05, 0.1) is 0 Å². The largest absolute Gasteiger partial charge is 0.326 e. The van der Waals surface area contributed by atoms with Crippen LogP contribution in [0.4, 0.5) is 0 Å². The van der Waals surface area contributed by atoms with Crippen molar-refractivity contribution in [2.24, 2.45) is 5.73 Å². The Morgan fingerprint density at radius 3 is 2.53 bits per heavy atom. The van der Waals surface area contributed by atoms with E-state index in [0.717, 1.165) is 37.5 Å². The lowest BCUT2D eigenvalue weighted by atomic mass is 10.00. The fourth-order valence-electron chi connectivity index (χ4n) is 1.56. The first-order valence-corrected chi connectivity index (χ1v) is 5.61. The highest BCUT2D eigenvalue weighted by molar-refractivity contribution is 4.95. The van der Waals surface area contributed by atoms with Crippen LogP contribution in [0.3, 0.4) is 0 Å². The Labute approximate surface area is 91.9 Å². The van der Waals surface area contributed by atoms with Crippen molar-refractivity contribution >= 4 is 0 Å². The molecule has 0 fully saturated rings. The van der Waals surface area contributed by atoms with Crippen LogP contribution in [0.2, 0.25) is 0 Å². The monoisotopic (exact) mass is 210 g/mol. The van der Waals surface area contributed by atoms with Crippen LogP contribution in [0.5, 0.6) is 0 Å². The number of nitrogens with zero attached hydrogens (tertiary/aromatic N) is 3. The molecule has 15 heavy (non-hydrogen) atoms. The first kappa shape index (κ1) is 12.2. The number of aryl methyl sites for hydroxylation is 2. The summed E-state index contributed by atoms with van der Waals surface area (Å²) >= 11 is 0. The molecule has 0 unspecified atom stereocenters. The molecule has 4 nitrogen and oxygen atoms in total. The summed E-state index contributed by atoms with van der Waals surface area (Å²) in [5, 5.41) is 8.30. The molecule has 0 aliphatic heterocycles. The molecule has 1 rings (SSSR count). The third kappa shape index (κ3) is 3.63. The van der Waals surface area contributed by atoms with Gasteiger partial charge in [-0.3, -0.25) is 0 Å². The summed E-state index contributed by atoms with van der Waals surface area (Å²) in [5.74, 6) is 2.06. The summed E-state index contributed by atoms with van der Waals surface area (Å²) in [5.41, 5.74) is 5.83. The lowest BCUT2D eigenvalue weighted by Crippen LogP contribution is -2.32. The minimum atomic E-state index is -0.128. The van der Waals surface area contributed by atoms with Crippen LogP contribution >= 0.6 is 0 Å². The van der Waals surface area contributed by atoms with Gasteiger partial charge < -0.3 is 10.3 Å².